The van der Waals surface area contributed by atoms with Gasteiger partial charge in [-0.1, -0.05) is 37.3 Å². The van der Waals surface area contributed by atoms with Gasteiger partial charge < -0.3 is 14.8 Å². The second-order valence-corrected chi connectivity index (χ2v) is 7.49. The van der Waals surface area contributed by atoms with Crippen LogP contribution in [-0.2, 0) is 6.54 Å². The first kappa shape index (κ1) is 19.1. The van der Waals surface area contributed by atoms with Crippen molar-refractivity contribution in [1.29, 1.82) is 0 Å². The standard InChI is InChI=1S/C21H30N6/c1-6-12-26(13-17-10-8-7-9-11-17)19-18-20(27(14-22-18)16(4)5)25-21(24-19)23-15(2)3/h7-11,14-16H,6,12-13H2,1-5H3,(H,23,24,25). The first-order valence-corrected chi connectivity index (χ1v) is 9.79. The Morgan fingerprint density at radius 3 is 2.44 bits per heavy atom. The largest absolute Gasteiger partial charge is 0.352 e. The van der Waals surface area contributed by atoms with E-state index in [1.54, 1.807) is 0 Å². The topological polar surface area (TPSA) is 58.9 Å². The molecule has 2 heterocycles. The molecule has 1 N–H and O–H groups in total. The molecule has 0 amide bonds. The highest BCUT2D eigenvalue weighted by Gasteiger charge is 2.19. The number of rotatable bonds is 8. The van der Waals surface area contributed by atoms with Crippen molar-refractivity contribution in [2.45, 2.75) is 59.7 Å². The Kier molecular flexibility index (Phi) is 5.94. The van der Waals surface area contributed by atoms with Crippen molar-refractivity contribution >= 4 is 22.9 Å². The smallest absolute Gasteiger partial charge is 0.226 e. The molecule has 6 nitrogen and oxygen atoms in total. The highest BCUT2D eigenvalue weighted by atomic mass is 15.3. The van der Waals surface area contributed by atoms with Gasteiger partial charge in [-0.15, -0.1) is 0 Å². The van der Waals surface area contributed by atoms with Crippen molar-refractivity contribution < 1.29 is 0 Å². The predicted octanol–water partition coefficient (Wildman–Crippen LogP) is 4.64. The van der Waals surface area contributed by atoms with E-state index in [0.717, 1.165) is 36.5 Å². The normalized spacial score (nSPS) is 11.5. The maximum atomic E-state index is 4.86. The van der Waals surface area contributed by atoms with Crippen LogP contribution in [-0.4, -0.2) is 32.1 Å². The van der Waals surface area contributed by atoms with Gasteiger partial charge in [0, 0.05) is 25.2 Å². The zero-order valence-electron chi connectivity index (χ0n) is 17.0. The third-order valence-corrected chi connectivity index (χ3v) is 4.39. The SMILES string of the molecule is CCCN(Cc1ccccc1)c1nc(NC(C)C)nc2c1ncn2C(C)C. The fraction of sp³-hybridized carbons (Fsp3) is 0.476. The van der Waals surface area contributed by atoms with Crippen molar-refractivity contribution in [2.24, 2.45) is 0 Å². The van der Waals surface area contributed by atoms with Gasteiger partial charge in [-0.25, -0.2) is 4.98 Å². The molecule has 0 atom stereocenters. The molecule has 2 aromatic heterocycles. The summed E-state index contributed by atoms with van der Waals surface area (Å²) in [6.07, 6.45) is 2.91. The Bertz CT molecular complexity index is 869. The second-order valence-electron chi connectivity index (χ2n) is 7.49. The molecule has 27 heavy (non-hydrogen) atoms. The van der Waals surface area contributed by atoms with Crippen LogP contribution in [0.1, 0.15) is 52.6 Å². The van der Waals surface area contributed by atoms with E-state index in [4.69, 9.17) is 9.97 Å². The van der Waals surface area contributed by atoms with Gasteiger partial charge in [0.25, 0.3) is 0 Å². The number of nitrogens with one attached hydrogen (secondary N) is 1. The molecule has 0 aliphatic rings. The lowest BCUT2D eigenvalue weighted by Crippen LogP contribution is -2.26. The molecule has 0 bridgehead atoms. The van der Waals surface area contributed by atoms with Gasteiger partial charge in [0.15, 0.2) is 17.0 Å². The average Bonchev–Trinajstić information content (AvgIpc) is 3.05. The van der Waals surface area contributed by atoms with E-state index in [1.165, 1.54) is 5.56 Å². The minimum absolute atomic E-state index is 0.263. The highest BCUT2D eigenvalue weighted by Crippen LogP contribution is 2.27. The van der Waals surface area contributed by atoms with Crippen molar-refractivity contribution in [1.82, 2.24) is 19.5 Å². The second kappa shape index (κ2) is 8.37. The van der Waals surface area contributed by atoms with Crippen LogP contribution in [0.5, 0.6) is 0 Å². The van der Waals surface area contributed by atoms with Crippen LogP contribution in [0, 0.1) is 0 Å². The first-order chi connectivity index (χ1) is 13.0. The van der Waals surface area contributed by atoms with Gasteiger partial charge in [-0.3, -0.25) is 0 Å². The Balaban J connectivity index is 2.10. The minimum atomic E-state index is 0.263. The number of hydrogen-bond donors (Lipinski definition) is 1. The summed E-state index contributed by atoms with van der Waals surface area (Å²) in [4.78, 5) is 16.6. The molecule has 0 radical (unpaired) electrons. The van der Waals surface area contributed by atoms with E-state index >= 15 is 0 Å². The molecule has 3 rings (SSSR count). The number of aromatic nitrogens is 4. The maximum absolute atomic E-state index is 4.86. The van der Waals surface area contributed by atoms with Crippen molar-refractivity contribution in [3.63, 3.8) is 0 Å². The third kappa shape index (κ3) is 4.38. The molecule has 0 aliphatic heterocycles. The summed E-state index contributed by atoms with van der Waals surface area (Å²) in [7, 11) is 0. The van der Waals surface area contributed by atoms with Gasteiger partial charge >= 0.3 is 0 Å². The molecule has 0 unspecified atom stereocenters. The van der Waals surface area contributed by atoms with Crippen LogP contribution in [0.15, 0.2) is 36.7 Å². The third-order valence-electron chi connectivity index (χ3n) is 4.39. The molecule has 6 heteroatoms. The quantitative estimate of drug-likeness (QED) is 0.629. The number of imidazole rings is 1. The number of nitrogens with zero attached hydrogens (tertiary/aromatic N) is 5. The molecule has 3 aromatic rings. The Hall–Kier alpha value is -2.63. The number of benzene rings is 1. The van der Waals surface area contributed by atoms with E-state index in [-0.39, 0.29) is 6.04 Å². The molecule has 0 saturated heterocycles. The van der Waals surface area contributed by atoms with E-state index in [2.05, 4.69) is 78.7 Å². The Morgan fingerprint density at radius 2 is 1.81 bits per heavy atom. The summed E-state index contributed by atoms with van der Waals surface area (Å²) in [5.41, 5.74) is 3.01. The van der Waals surface area contributed by atoms with Crippen LogP contribution >= 0.6 is 0 Å². The van der Waals surface area contributed by atoms with Gasteiger partial charge in [0.05, 0.1) is 6.33 Å². The summed E-state index contributed by atoms with van der Waals surface area (Å²) in [5.74, 6) is 1.55. The Morgan fingerprint density at radius 1 is 1.07 bits per heavy atom. The lowest BCUT2D eigenvalue weighted by molar-refractivity contribution is 0.612. The summed E-state index contributed by atoms with van der Waals surface area (Å²) >= 11 is 0. The fourth-order valence-corrected chi connectivity index (χ4v) is 3.16. The molecule has 144 valence electrons. The fourth-order valence-electron chi connectivity index (χ4n) is 3.16. The van der Waals surface area contributed by atoms with Gasteiger partial charge in [0.2, 0.25) is 5.95 Å². The Labute approximate surface area is 161 Å². The van der Waals surface area contributed by atoms with Crippen molar-refractivity contribution in [3.05, 3.63) is 42.2 Å². The number of fused-ring (bicyclic) bond motifs is 1. The highest BCUT2D eigenvalue weighted by molar-refractivity contribution is 5.85. The molecular weight excluding hydrogens is 336 g/mol. The van der Waals surface area contributed by atoms with E-state index in [0.29, 0.717) is 12.0 Å². The van der Waals surface area contributed by atoms with Gasteiger partial charge in [-0.2, -0.15) is 9.97 Å². The first-order valence-electron chi connectivity index (χ1n) is 9.79. The maximum Gasteiger partial charge on any atom is 0.226 e. The summed E-state index contributed by atoms with van der Waals surface area (Å²) < 4.78 is 2.11. The number of hydrogen-bond acceptors (Lipinski definition) is 5. The summed E-state index contributed by atoms with van der Waals surface area (Å²) in [6.45, 7) is 12.4. The van der Waals surface area contributed by atoms with E-state index in [1.807, 2.05) is 12.4 Å². The van der Waals surface area contributed by atoms with Crippen LogP contribution in [0.2, 0.25) is 0 Å². The van der Waals surface area contributed by atoms with Crippen LogP contribution in [0.4, 0.5) is 11.8 Å². The molecule has 0 aliphatic carbocycles. The zero-order valence-corrected chi connectivity index (χ0v) is 17.0. The zero-order chi connectivity index (χ0) is 19.4. The molecule has 1 aromatic carbocycles. The van der Waals surface area contributed by atoms with E-state index < -0.39 is 0 Å². The molecule has 0 saturated carbocycles. The lowest BCUT2D eigenvalue weighted by atomic mass is 10.2. The van der Waals surface area contributed by atoms with Crippen LogP contribution < -0.4 is 10.2 Å². The van der Waals surface area contributed by atoms with Crippen molar-refractivity contribution in [3.8, 4) is 0 Å². The van der Waals surface area contributed by atoms with Crippen LogP contribution in [0.25, 0.3) is 11.2 Å². The molecular formula is C21H30N6. The van der Waals surface area contributed by atoms with Crippen molar-refractivity contribution in [2.75, 3.05) is 16.8 Å². The van der Waals surface area contributed by atoms with E-state index in [9.17, 15) is 0 Å². The van der Waals surface area contributed by atoms with Gasteiger partial charge in [-0.05, 0) is 39.7 Å². The lowest BCUT2D eigenvalue weighted by Gasteiger charge is -2.24. The monoisotopic (exact) mass is 366 g/mol. The van der Waals surface area contributed by atoms with Gasteiger partial charge in [0.1, 0.15) is 0 Å². The number of anilines is 2. The predicted molar refractivity (Wildman–Crippen MR) is 112 cm³/mol. The molecule has 0 spiro atoms. The summed E-state index contributed by atoms with van der Waals surface area (Å²) in [6, 6.07) is 11.1. The molecule has 0 fully saturated rings. The minimum Gasteiger partial charge on any atom is -0.352 e. The average molecular weight is 367 g/mol. The summed E-state index contributed by atoms with van der Waals surface area (Å²) in [5, 5.41) is 3.36. The van der Waals surface area contributed by atoms with Crippen LogP contribution in [0.3, 0.4) is 0 Å².